The van der Waals surface area contributed by atoms with Gasteiger partial charge in [0.25, 0.3) is 5.56 Å². The molecule has 0 N–H and O–H groups in total. The molecule has 0 aromatic carbocycles. The van der Waals surface area contributed by atoms with E-state index in [4.69, 9.17) is 9.15 Å². The summed E-state index contributed by atoms with van der Waals surface area (Å²) >= 11 is 0. The summed E-state index contributed by atoms with van der Waals surface area (Å²) in [6.07, 6.45) is 0.376. The highest BCUT2D eigenvalue weighted by atomic mass is 16.5. The van der Waals surface area contributed by atoms with Gasteiger partial charge < -0.3 is 13.9 Å². The second kappa shape index (κ2) is 6.61. The van der Waals surface area contributed by atoms with Crippen molar-refractivity contribution >= 4 is 17.1 Å². The Labute approximate surface area is 129 Å². The van der Waals surface area contributed by atoms with E-state index in [1.54, 1.807) is 6.92 Å². The van der Waals surface area contributed by atoms with Crippen molar-refractivity contribution in [1.82, 2.24) is 9.13 Å². The number of carbonyl (C=O) groups is 1. The van der Waals surface area contributed by atoms with E-state index in [9.17, 15) is 19.2 Å². The Balaban J connectivity index is 2.97. The summed E-state index contributed by atoms with van der Waals surface area (Å²) in [7, 11) is 2.49. The number of carbonyl (C=O) groups excluding carboxylic acids is 1. The summed E-state index contributed by atoms with van der Waals surface area (Å²) in [5.74, 6) is -0.747. The van der Waals surface area contributed by atoms with Crippen molar-refractivity contribution in [1.29, 1.82) is 0 Å². The van der Waals surface area contributed by atoms with E-state index in [-0.39, 0.29) is 17.8 Å². The molecule has 2 aromatic heterocycles. The fraction of sp³-hybridized carbons (Fsp3) is 0.429. The Morgan fingerprint density at radius 3 is 2.48 bits per heavy atom. The lowest BCUT2D eigenvalue weighted by molar-refractivity contribution is -0.141. The zero-order chi connectivity index (χ0) is 17.1. The highest BCUT2D eigenvalue weighted by molar-refractivity contribution is 5.76. The second-order valence-corrected chi connectivity index (χ2v) is 4.72. The summed E-state index contributed by atoms with van der Waals surface area (Å²) in [5.41, 5.74) is -1.98. The van der Waals surface area contributed by atoms with Crippen LogP contribution in [0.4, 0.5) is 0 Å². The average Bonchev–Trinajstić information content (AvgIpc) is 2.54. The predicted octanol–water partition coefficient (Wildman–Crippen LogP) is -0.544. The van der Waals surface area contributed by atoms with Crippen molar-refractivity contribution in [3.8, 4) is 0 Å². The van der Waals surface area contributed by atoms with Gasteiger partial charge >= 0.3 is 17.3 Å². The van der Waals surface area contributed by atoms with Crippen LogP contribution < -0.4 is 16.9 Å². The number of aromatic nitrogens is 2. The summed E-state index contributed by atoms with van der Waals surface area (Å²) in [6.45, 7) is 0.965. The van der Waals surface area contributed by atoms with Crippen molar-refractivity contribution in [3.63, 3.8) is 0 Å². The van der Waals surface area contributed by atoms with Crippen molar-refractivity contribution in [2.24, 2.45) is 0 Å². The van der Waals surface area contributed by atoms with E-state index in [0.717, 1.165) is 16.2 Å². The predicted molar refractivity (Wildman–Crippen MR) is 79.4 cm³/mol. The van der Waals surface area contributed by atoms with Gasteiger partial charge in [-0.3, -0.25) is 9.59 Å². The quantitative estimate of drug-likeness (QED) is 0.679. The Kier molecular flexibility index (Phi) is 4.80. The van der Waals surface area contributed by atoms with Crippen LogP contribution in [0, 0.1) is 0 Å². The van der Waals surface area contributed by atoms with Gasteiger partial charge in [0.15, 0.2) is 0 Å². The zero-order valence-corrected chi connectivity index (χ0v) is 13.0. The molecule has 0 aliphatic carbocycles. The Morgan fingerprint density at radius 1 is 1.22 bits per heavy atom. The monoisotopic (exact) mass is 324 g/mol. The maximum atomic E-state index is 12.6. The van der Waals surface area contributed by atoms with Crippen LogP contribution in [0.1, 0.15) is 12.5 Å². The van der Waals surface area contributed by atoms with Gasteiger partial charge in [0.2, 0.25) is 5.71 Å². The molecular weight excluding hydrogens is 308 g/mol. The fourth-order valence-corrected chi connectivity index (χ4v) is 2.26. The molecule has 0 unspecified atom stereocenters. The molecule has 0 saturated heterocycles. The highest BCUT2D eigenvalue weighted by Gasteiger charge is 2.20. The minimum absolute atomic E-state index is 0.0626. The van der Waals surface area contributed by atoms with Crippen LogP contribution in [0.5, 0.6) is 0 Å². The molecule has 2 rings (SSSR count). The van der Waals surface area contributed by atoms with E-state index in [2.05, 4.69) is 4.74 Å². The van der Waals surface area contributed by atoms with E-state index in [0.29, 0.717) is 12.0 Å². The van der Waals surface area contributed by atoms with Crippen molar-refractivity contribution in [3.05, 3.63) is 42.9 Å². The third kappa shape index (κ3) is 2.95. The molecule has 2 aromatic rings. The van der Waals surface area contributed by atoms with Crippen molar-refractivity contribution < 1.29 is 18.7 Å². The Hall–Kier alpha value is -2.68. The van der Waals surface area contributed by atoms with Crippen LogP contribution in [0.2, 0.25) is 0 Å². The van der Waals surface area contributed by atoms with Gasteiger partial charge in [-0.15, -0.1) is 0 Å². The third-order valence-electron chi connectivity index (χ3n) is 3.34. The minimum Gasteiger partial charge on any atom is -0.468 e. The number of ether oxygens (including phenoxy) is 2. The Bertz CT molecular complexity index is 920. The number of nitrogens with zero attached hydrogens (tertiary/aromatic N) is 2. The number of hydrogen-bond donors (Lipinski definition) is 0. The van der Waals surface area contributed by atoms with Gasteiger partial charge in [0.1, 0.15) is 18.7 Å². The van der Waals surface area contributed by atoms with Crippen LogP contribution in [0.15, 0.2) is 24.9 Å². The highest BCUT2D eigenvalue weighted by Crippen LogP contribution is 2.12. The molecule has 2 heterocycles. The number of esters is 1. The molecular formula is C14H16N2O7. The standard InChI is InChI=1S/C14H16N2O7/c1-4-8-5-9(17)23-13-11(8)12(19)15(6-10(18)22-3)14(20)16(13)7-21-2/h5H,4,6-7H2,1-3H3. The molecule has 0 spiro atoms. The molecule has 0 fully saturated rings. The molecule has 0 radical (unpaired) electrons. The summed E-state index contributed by atoms with van der Waals surface area (Å²) < 4.78 is 16.2. The fourth-order valence-electron chi connectivity index (χ4n) is 2.26. The molecule has 0 bridgehead atoms. The maximum Gasteiger partial charge on any atom is 0.337 e. The average molecular weight is 324 g/mol. The van der Waals surface area contributed by atoms with Crippen LogP contribution in [-0.2, 0) is 34.0 Å². The lowest BCUT2D eigenvalue weighted by Crippen LogP contribution is -2.42. The smallest absolute Gasteiger partial charge is 0.337 e. The van der Waals surface area contributed by atoms with Gasteiger partial charge in [0.05, 0.1) is 7.11 Å². The molecule has 23 heavy (non-hydrogen) atoms. The largest absolute Gasteiger partial charge is 0.468 e. The first-order chi connectivity index (χ1) is 10.9. The first-order valence-electron chi connectivity index (χ1n) is 6.80. The molecule has 0 aliphatic heterocycles. The van der Waals surface area contributed by atoms with E-state index in [1.165, 1.54) is 13.2 Å². The van der Waals surface area contributed by atoms with E-state index >= 15 is 0 Å². The number of aryl methyl sites for hydroxylation is 1. The lowest BCUT2D eigenvalue weighted by atomic mass is 10.1. The van der Waals surface area contributed by atoms with Crippen LogP contribution in [-0.4, -0.2) is 29.3 Å². The second-order valence-electron chi connectivity index (χ2n) is 4.72. The number of hydrogen-bond acceptors (Lipinski definition) is 7. The van der Waals surface area contributed by atoms with Gasteiger partial charge in [-0.05, 0) is 12.0 Å². The van der Waals surface area contributed by atoms with Crippen LogP contribution in [0.25, 0.3) is 11.1 Å². The lowest BCUT2D eigenvalue weighted by Gasteiger charge is -2.12. The number of fused-ring (bicyclic) bond motifs is 1. The van der Waals surface area contributed by atoms with Gasteiger partial charge in [0, 0.05) is 13.2 Å². The van der Waals surface area contributed by atoms with Crippen molar-refractivity contribution in [2.75, 3.05) is 14.2 Å². The molecule has 124 valence electrons. The molecule has 0 saturated carbocycles. The van der Waals surface area contributed by atoms with Crippen LogP contribution >= 0.6 is 0 Å². The summed E-state index contributed by atoms with van der Waals surface area (Å²) in [5, 5.41) is 0.0626. The molecule has 0 amide bonds. The van der Waals surface area contributed by atoms with Gasteiger partial charge in [-0.2, -0.15) is 0 Å². The molecule has 0 atom stereocenters. The van der Waals surface area contributed by atoms with Crippen LogP contribution in [0.3, 0.4) is 0 Å². The first-order valence-corrected chi connectivity index (χ1v) is 6.80. The SMILES string of the molecule is CCc1cc(=O)oc2c1c(=O)n(CC(=O)OC)c(=O)n2COC. The van der Waals surface area contributed by atoms with Gasteiger partial charge in [-0.25, -0.2) is 18.7 Å². The zero-order valence-electron chi connectivity index (χ0n) is 13.0. The van der Waals surface area contributed by atoms with E-state index in [1.807, 2.05) is 0 Å². The van der Waals surface area contributed by atoms with Crippen molar-refractivity contribution in [2.45, 2.75) is 26.6 Å². The Morgan fingerprint density at radius 2 is 1.91 bits per heavy atom. The first kappa shape index (κ1) is 16.7. The minimum atomic E-state index is -0.828. The number of rotatable bonds is 5. The molecule has 0 aliphatic rings. The number of methoxy groups -OCH3 is 2. The van der Waals surface area contributed by atoms with E-state index < -0.39 is 29.4 Å². The topological polar surface area (TPSA) is 110 Å². The summed E-state index contributed by atoms with van der Waals surface area (Å²) in [6, 6.07) is 1.19. The third-order valence-corrected chi connectivity index (χ3v) is 3.34. The normalized spacial score (nSPS) is 10.9. The maximum absolute atomic E-state index is 12.6. The molecule has 9 heteroatoms. The summed E-state index contributed by atoms with van der Waals surface area (Å²) in [4.78, 5) is 48.1. The van der Waals surface area contributed by atoms with Gasteiger partial charge in [-0.1, -0.05) is 6.92 Å². The molecule has 9 nitrogen and oxygen atoms in total.